The summed E-state index contributed by atoms with van der Waals surface area (Å²) in [6.07, 6.45) is -3.18. The number of hydrogen-bond donors (Lipinski definition) is 4. The zero-order chi connectivity index (χ0) is 33.2. The molecule has 12 heteroatoms. The molecule has 3 aromatic rings. The average molecular weight is 625 g/mol. The number of methoxy groups -OCH3 is 2. The number of benzene rings is 2. The molecule has 2 fully saturated rings. The van der Waals surface area contributed by atoms with Gasteiger partial charge in [-0.05, 0) is 45.7 Å². The Balaban J connectivity index is 1.73. The van der Waals surface area contributed by atoms with Crippen molar-refractivity contribution < 1.29 is 53.4 Å². The number of carbonyl (C=O) groups excluding carboxylic acids is 3. The van der Waals surface area contributed by atoms with E-state index in [2.05, 4.69) is 0 Å². The predicted molar refractivity (Wildman–Crippen MR) is 161 cm³/mol. The van der Waals surface area contributed by atoms with E-state index in [-0.39, 0.29) is 68.6 Å². The van der Waals surface area contributed by atoms with Crippen LogP contribution in [0.4, 0.5) is 0 Å². The van der Waals surface area contributed by atoms with Gasteiger partial charge in [-0.1, -0.05) is 11.6 Å². The Labute approximate surface area is 257 Å². The summed E-state index contributed by atoms with van der Waals surface area (Å²) in [6, 6.07) is 2.64. The van der Waals surface area contributed by atoms with Crippen LogP contribution in [0.15, 0.2) is 33.0 Å². The van der Waals surface area contributed by atoms with Crippen LogP contribution in [0.25, 0.3) is 21.9 Å². The van der Waals surface area contributed by atoms with E-state index in [1.165, 1.54) is 33.1 Å². The molecule has 2 heterocycles. The zero-order valence-corrected chi connectivity index (χ0v) is 25.8. The lowest BCUT2D eigenvalue weighted by atomic mass is 9.69. The van der Waals surface area contributed by atoms with Crippen LogP contribution in [0.5, 0.6) is 11.5 Å². The van der Waals surface area contributed by atoms with Gasteiger partial charge in [-0.3, -0.25) is 14.4 Å². The molecule has 1 aliphatic heterocycles. The molecule has 1 aromatic heterocycles. The largest absolute Gasteiger partial charge is 0.507 e. The number of phenolic OH excluding ortho intramolecular Hbond substituents is 1. The Morgan fingerprint density at radius 1 is 1.07 bits per heavy atom. The van der Waals surface area contributed by atoms with Gasteiger partial charge in [0.05, 0.1) is 31.3 Å². The first-order valence-electron chi connectivity index (χ1n) is 14.4. The average Bonchev–Trinajstić information content (AvgIpc) is 3.74. The molecule has 1 saturated heterocycles. The number of esters is 1. The second kappa shape index (κ2) is 11.4. The van der Waals surface area contributed by atoms with Crippen molar-refractivity contribution >= 4 is 39.5 Å². The smallest absolute Gasteiger partial charge is 0.338 e. The number of hydrogen-bond acceptors (Lipinski definition) is 12. The molecule has 0 spiro atoms. The van der Waals surface area contributed by atoms with Crippen molar-refractivity contribution in [2.75, 3.05) is 14.2 Å². The third-order valence-corrected chi connectivity index (χ3v) is 8.94. The van der Waals surface area contributed by atoms with Crippen LogP contribution in [0, 0.1) is 6.92 Å². The van der Waals surface area contributed by atoms with Crippen molar-refractivity contribution in [3.05, 3.63) is 56.3 Å². The molecule has 5 rings (SSSR count). The number of aromatic hydroxyl groups is 1. The summed E-state index contributed by atoms with van der Waals surface area (Å²) in [5.74, 6) is -2.51. The van der Waals surface area contributed by atoms with E-state index in [1.54, 1.807) is 6.08 Å². The number of carbonyl (C=O) groups is 3. The molecule has 240 valence electrons. The third kappa shape index (κ3) is 5.11. The monoisotopic (exact) mass is 624 g/mol. The molecule has 1 aliphatic carbocycles. The molecule has 12 nitrogen and oxygen atoms in total. The number of aliphatic hydroxyl groups excluding tert-OH is 2. The van der Waals surface area contributed by atoms with Crippen LogP contribution in [0.3, 0.4) is 0 Å². The molecule has 4 N–H and O–H groups in total. The quantitative estimate of drug-likeness (QED) is 0.118. The Morgan fingerprint density at radius 3 is 2.36 bits per heavy atom. The van der Waals surface area contributed by atoms with Crippen LogP contribution in [-0.2, 0) is 31.9 Å². The van der Waals surface area contributed by atoms with Gasteiger partial charge in [0.2, 0.25) is 5.43 Å². The van der Waals surface area contributed by atoms with E-state index in [0.717, 1.165) is 12.7 Å². The molecule has 0 unspecified atom stereocenters. The Kier molecular flexibility index (Phi) is 8.15. The van der Waals surface area contributed by atoms with Crippen LogP contribution in [0.1, 0.15) is 60.7 Å². The molecule has 1 saturated carbocycles. The minimum absolute atomic E-state index is 0.0550. The van der Waals surface area contributed by atoms with Gasteiger partial charge in [0.25, 0.3) is 0 Å². The molecule has 45 heavy (non-hydrogen) atoms. The maximum absolute atomic E-state index is 14.0. The summed E-state index contributed by atoms with van der Waals surface area (Å²) in [5, 5.41) is 44.6. The number of ether oxygens (including phenoxy) is 3. The minimum Gasteiger partial charge on any atom is -0.507 e. The standard InChI is InChI=1S/C33H36O12/c1-14(2)7-8-33-29(45-33)21(35)13-32(41,31(33)40)23(36)12-19-16(4)18(9-15(3)34)26(37)25-27(38)24-20(30(39)43-6)10-17(42-5)11-22(24)44-28(19)25/h7,10-11,21,29,31,35,37,40-41H,8-9,12-13H2,1-6H3/t21-,29-,31+,32-,33-/m0/s1. The van der Waals surface area contributed by atoms with Gasteiger partial charge in [-0.25, -0.2) is 4.79 Å². The SMILES string of the molecule is COC(=O)c1cc(OC)cc2oc3c(CC(=O)[C@@]4(O)C[C@H](O)[C@@H]5O[C@]5(CC=C(C)C)[C@@H]4O)c(C)c(CC(C)=O)c(O)c3c(=O)c12. The number of phenols is 1. The lowest BCUT2D eigenvalue weighted by Gasteiger charge is -2.40. The van der Waals surface area contributed by atoms with Gasteiger partial charge in [0.15, 0.2) is 11.4 Å². The number of Topliss-reactive ketones (excluding diaryl/α,β-unsaturated/α-hetero) is 2. The van der Waals surface area contributed by atoms with E-state index < -0.39 is 65.3 Å². The van der Waals surface area contributed by atoms with E-state index in [9.17, 15) is 39.6 Å². The number of fused-ring (bicyclic) bond motifs is 3. The number of ketones is 2. The minimum atomic E-state index is -2.45. The van der Waals surface area contributed by atoms with Gasteiger partial charge in [0, 0.05) is 36.5 Å². The van der Waals surface area contributed by atoms with Crippen LogP contribution in [-0.4, -0.2) is 81.7 Å². The molecule has 2 aliphatic rings. The molecule has 0 amide bonds. The number of rotatable bonds is 9. The fraction of sp³-hybridized carbons (Fsp3) is 0.455. The lowest BCUT2D eigenvalue weighted by molar-refractivity contribution is -0.167. The summed E-state index contributed by atoms with van der Waals surface area (Å²) in [6.45, 7) is 6.51. The first-order chi connectivity index (χ1) is 21.1. The summed E-state index contributed by atoms with van der Waals surface area (Å²) in [5.41, 5.74) is -3.88. The van der Waals surface area contributed by atoms with Crippen molar-refractivity contribution in [1.29, 1.82) is 0 Å². The highest BCUT2D eigenvalue weighted by Gasteiger charge is 2.73. The summed E-state index contributed by atoms with van der Waals surface area (Å²) in [4.78, 5) is 52.9. The van der Waals surface area contributed by atoms with Crippen molar-refractivity contribution in [3.8, 4) is 11.5 Å². The summed E-state index contributed by atoms with van der Waals surface area (Å²) < 4.78 is 22.0. The van der Waals surface area contributed by atoms with Crippen LogP contribution < -0.4 is 10.2 Å². The summed E-state index contributed by atoms with van der Waals surface area (Å²) >= 11 is 0. The normalized spacial score (nSPS) is 25.5. The van der Waals surface area contributed by atoms with Crippen molar-refractivity contribution in [2.45, 2.75) is 82.9 Å². The topological polar surface area (TPSA) is 193 Å². The third-order valence-electron chi connectivity index (χ3n) is 8.94. The van der Waals surface area contributed by atoms with Crippen LogP contribution >= 0.6 is 0 Å². The van der Waals surface area contributed by atoms with E-state index >= 15 is 0 Å². The highest BCUT2D eigenvalue weighted by Crippen LogP contribution is 2.54. The second-order valence-corrected chi connectivity index (χ2v) is 12.2. The van der Waals surface area contributed by atoms with Crippen molar-refractivity contribution in [1.82, 2.24) is 0 Å². The highest BCUT2D eigenvalue weighted by molar-refractivity contribution is 6.08. The van der Waals surface area contributed by atoms with Crippen molar-refractivity contribution in [3.63, 3.8) is 0 Å². The fourth-order valence-corrected chi connectivity index (χ4v) is 6.46. The number of epoxide rings is 1. The maximum atomic E-state index is 14.0. The fourth-order valence-electron chi connectivity index (χ4n) is 6.46. The zero-order valence-electron chi connectivity index (χ0n) is 25.8. The van der Waals surface area contributed by atoms with E-state index in [0.29, 0.717) is 0 Å². The van der Waals surface area contributed by atoms with Gasteiger partial charge in [-0.2, -0.15) is 0 Å². The molecular weight excluding hydrogens is 588 g/mol. The second-order valence-electron chi connectivity index (χ2n) is 12.2. The highest BCUT2D eigenvalue weighted by atomic mass is 16.6. The van der Waals surface area contributed by atoms with Gasteiger partial charge in [0.1, 0.15) is 51.6 Å². The Hall–Kier alpha value is -4.10. The van der Waals surface area contributed by atoms with Crippen LogP contribution in [0.2, 0.25) is 0 Å². The molecule has 0 bridgehead atoms. The first kappa shape index (κ1) is 32.3. The van der Waals surface area contributed by atoms with Gasteiger partial charge < -0.3 is 39.1 Å². The van der Waals surface area contributed by atoms with Gasteiger partial charge >= 0.3 is 5.97 Å². The van der Waals surface area contributed by atoms with Gasteiger partial charge in [-0.15, -0.1) is 0 Å². The summed E-state index contributed by atoms with van der Waals surface area (Å²) in [7, 11) is 2.48. The molecular formula is C33H36O12. The molecule has 2 aromatic carbocycles. The van der Waals surface area contributed by atoms with E-state index in [1.807, 2.05) is 13.8 Å². The lowest BCUT2D eigenvalue weighted by Crippen LogP contribution is -2.63. The van der Waals surface area contributed by atoms with Crippen molar-refractivity contribution in [2.24, 2.45) is 0 Å². The number of allylic oxidation sites excluding steroid dienone is 1. The molecule has 0 radical (unpaired) electrons. The molecule has 5 atom stereocenters. The first-order valence-corrected chi connectivity index (χ1v) is 14.4. The van der Waals surface area contributed by atoms with E-state index in [4.69, 9.17) is 18.6 Å². The number of aliphatic hydroxyl groups is 3. The Morgan fingerprint density at radius 2 is 1.76 bits per heavy atom. The maximum Gasteiger partial charge on any atom is 0.338 e. The Bertz CT molecular complexity index is 1850. The predicted octanol–water partition coefficient (Wildman–Crippen LogP) is 2.35.